The van der Waals surface area contributed by atoms with Crippen LogP contribution in [0.4, 0.5) is 0 Å². The Morgan fingerprint density at radius 1 is 0.750 bits per heavy atom. The maximum absolute atomic E-state index is 2.44. The highest BCUT2D eigenvalue weighted by molar-refractivity contribution is 4.81. The second-order valence-corrected chi connectivity index (χ2v) is 6.59. The van der Waals surface area contributed by atoms with E-state index in [1.807, 2.05) is 0 Å². The zero-order chi connectivity index (χ0) is 11.4. The summed E-state index contributed by atoms with van der Waals surface area (Å²) in [5.74, 6) is 4.33. The van der Waals surface area contributed by atoms with Crippen molar-refractivity contribution in [1.29, 1.82) is 0 Å². The van der Waals surface area contributed by atoms with Gasteiger partial charge in [0.2, 0.25) is 0 Å². The molecule has 0 bridgehead atoms. The molecule has 0 radical (unpaired) electrons. The highest BCUT2D eigenvalue weighted by atomic mass is 14.3. The SMILES string of the molecule is CCC[C@H]1CC[C@H](C2CCC(C)CC2)CC1. The van der Waals surface area contributed by atoms with Crippen LogP contribution in [0.25, 0.3) is 0 Å². The van der Waals surface area contributed by atoms with Crippen LogP contribution in [-0.4, -0.2) is 0 Å². The monoisotopic (exact) mass is 222 g/mol. The number of rotatable bonds is 3. The lowest BCUT2D eigenvalue weighted by Crippen LogP contribution is -2.25. The van der Waals surface area contributed by atoms with E-state index < -0.39 is 0 Å². The molecule has 0 saturated heterocycles. The van der Waals surface area contributed by atoms with E-state index in [2.05, 4.69) is 13.8 Å². The van der Waals surface area contributed by atoms with Crippen molar-refractivity contribution in [3.63, 3.8) is 0 Å². The van der Waals surface area contributed by atoms with Gasteiger partial charge in [-0.3, -0.25) is 0 Å². The molecule has 0 nitrogen and oxygen atoms in total. The standard InChI is InChI=1S/C16H30/c1-3-4-14-7-11-16(12-8-14)15-9-5-13(2)6-10-15/h13-16H,3-12H2,1-2H3/t13?,14-,15?,16-. The van der Waals surface area contributed by atoms with Crippen LogP contribution in [0.5, 0.6) is 0 Å². The molecule has 2 fully saturated rings. The summed E-state index contributed by atoms with van der Waals surface area (Å²) < 4.78 is 0. The van der Waals surface area contributed by atoms with Crippen LogP contribution in [0.15, 0.2) is 0 Å². The summed E-state index contributed by atoms with van der Waals surface area (Å²) >= 11 is 0. The maximum Gasteiger partial charge on any atom is -0.0386 e. The van der Waals surface area contributed by atoms with Gasteiger partial charge >= 0.3 is 0 Å². The Bertz CT molecular complexity index is 180. The third-order valence-electron chi connectivity index (χ3n) is 5.32. The molecule has 2 aliphatic carbocycles. The van der Waals surface area contributed by atoms with Crippen molar-refractivity contribution in [3.8, 4) is 0 Å². The van der Waals surface area contributed by atoms with Crippen molar-refractivity contribution in [2.45, 2.75) is 78.1 Å². The summed E-state index contributed by atoms with van der Waals surface area (Å²) in [6.07, 6.45) is 15.2. The van der Waals surface area contributed by atoms with Crippen LogP contribution in [0.1, 0.15) is 78.1 Å². The van der Waals surface area contributed by atoms with Crippen molar-refractivity contribution >= 4 is 0 Å². The lowest BCUT2D eigenvalue weighted by Gasteiger charge is -2.37. The minimum atomic E-state index is 1.02. The first-order chi connectivity index (χ1) is 7.79. The molecule has 0 N–H and O–H groups in total. The molecule has 16 heavy (non-hydrogen) atoms. The van der Waals surface area contributed by atoms with E-state index in [0.717, 1.165) is 23.7 Å². The van der Waals surface area contributed by atoms with Gasteiger partial charge in [0.25, 0.3) is 0 Å². The smallest absolute Gasteiger partial charge is 0.0386 e. The average Bonchev–Trinajstić information content (AvgIpc) is 2.32. The van der Waals surface area contributed by atoms with E-state index in [-0.39, 0.29) is 0 Å². The molecule has 0 unspecified atom stereocenters. The lowest BCUT2D eigenvalue weighted by molar-refractivity contribution is 0.147. The molecule has 0 spiro atoms. The molecule has 0 aromatic carbocycles. The second-order valence-electron chi connectivity index (χ2n) is 6.59. The summed E-state index contributed by atoms with van der Waals surface area (Å²) in [7, 11) is 0. The predicted octanol–water partition coefficient (Wildman–Crippen LogP) is 5.42. The molecule has 0 aliphatic heterocycles. The third-order valence-corrected chi connectivity index (χ3v) is 5.32. The van der Waals surface area contributed by atoms with Crippen LogP contribution >= 0.6 is 0 Å². The minimum absolute atomic E-state index is 1.02. The second kappa shape index (κ2) is 6.07. The summed E-state index contributed by atoms with van der Waals surface area (Å²) in [6.45, 7) is 4.78. The third kappa shape index (κ3) is 3.25. The molecule has 0 atom stereocenters. The minimum Gasteiger partial charge on any atom is -0.0654 e. The summed E-state index contributed by atoms with van der Waals surface area (Å²) in [6, 6.07) is 0. The molecule has 2 aliphatic rings. The first-order valence-corrected chi connectivity index (χ1v) is 7.79. The van der Waals surface area contributed by atoms with Gasteiger partial charge < -0.3 is 0 Å². The van der Waals surface area contributed by atoms with E-state index in [1.54, 1.807) is 38.5 Å². The molecule has 0 aromatic rings. The van der Waals surface area contributed by atoms with Gasteiger partial charge in [0.1, 0.15) is 0 Å². The van der Waals surface area contributed by atoms with Gasteiger partial charge in [0.15, 0.2) is 0 Å². The van der Waals surface area contributed by atoms with Crippen molar-refractivity contribution in [3.05, 3.63) is 0 Å². The van der Waals surface area contributed by atoms with Gasteiger partial charge in [-0.1, -0.05) is 52.4 Å². The molecule has 0 heterocycles. The van der Waals surface area contributed by atoms with Crippen molar-refractivity contribution < 1.29 is 0 Å². The molecule has 2 rings (SSSR count). The van der Waals surface area contributed by atoms with E-state index in [1.165, 1.54) is 25.7 Å². The van der Waals surface area contributed by atoms with Gasteiger partial charge in [0, 0.05) is 0 Å². The Kier molecular flexibility index (Phi) is 4.73. The van der Waals surface area contributed by atoms with Crippen LogP contribution in [-0.2, 0) is 0 Å². The van der Waals surface area contributed by atoms with Gasteiger partial charge in [-0.15, -0.1) is 0 Å². The summed E-state index contributed by atoms with van der Waals surface area (Å²) in [4.78, 5) is 0. The van der Waals surface area contributed by atoms with Gasteiger partial charge in [0.05, 0.1) is 0 Å². The Balaban J connectivity index is 1.72. The Labute approximate surface area is 102 Å². The topological polar surface area (TPSA) is 0 Å². The molecular formula is C16H30. The Morgan fingerprint density at radius 2 is 1.25 bits per heavy atom. The molecule has 0 aromatic heterocycles. The van der Waals surface area contributed by atoms with E-state index >= 15 is 0 Å². The fourth-order valence-corrected chi connectivity index (χ4v) is 4.11. The van der Waals surface area contributed by atoms with Gasteiger partial charge in [-0.05, 0) is 49.4 Å². The molecule has 0 heteroatoms. The van der Waals surface area contributed by atoms with Crippen molar-refractivity contribution in [2.24, 2.45) is 23.7 Å². The van der Waals surface area contributed by atoms with Crippen LogP contribution in [0.2, 0.25) is 0 Å². The molecule has 94 valence electrons. The molecule has 0 amide bonds. The number of hydrogen-bond donors (Lipinski definition) is 0. The zero-order valence-corrected chi connectivity index (χ0v) is 11.4. The summed E-state index contributed by atoms with van der Waals surface area (Å²) in [5.41, 5.74) is 0. The van der Waals surface area contributed by atoms with Gasteiger partial charge in [-0.25, -0.2) is 0 Å². The Hall–Kier alpha value is 0. The highest BCUT2D eigenvalue weighted by Gasteiger charge is 2.29. The fraction of sp³-hybridized carbons (Fsp3) is 1.00. The fourth-order valence-electron chi connectivity index (χ4n) is 4.11. The first-order valence-electron chi connectivity index (χ1n) is 7.79. The first kappa shape index (κ1) is 12.5. The molecule has 2 saturated carbocycles. The van der Waals surface area contributed by atoms with Gasteiger partial charge in [-0.2, -0.15) is 0 Å². The predicted molar refractivity (Wildman–Crippen MR) is 71.5 cm³/mol. The Morgan fingerprint density at radius 3 is 1.75 bits per heavy atom. The van der Waals surface area contributed by atoms with E-state index in [9.17, 15) is 0 Å². The maximum atomic E-state index is 2.44. The largest absolute Gasteiger partial charge is 0.0654 e. The lowest BCUT2D eigenvalue weighted by atomic mass is 9.69. The normalized spacial score (nSPS) is 40.9. The van der Waals surface area contributed by atoms with E-state index in [4.69, 9.17) is 0 Å². The van der Waals surface area contributed by atoms with Crippen molar-refractivity contribution in [2.75, 3.05) is 0 Å². The highest BCUT2D eigenvalue weighted by Crippen LogP contribution is 2.41. The van der Waals surface area contributed by atoms with E-state index in [0.29, 0.717) is 0 Å². The average molecular weight is 222 g/mol. The summed E-state index contributed by atoms with van der Waals surface area (Å²) in [5, 5.41) is 0. The van der Waals surface area contributed by atoms with Crippen LogP contribution in [0, 0.1) is 23.7 Å². The quantitative estimate of drug-likeness (QED) is 0.598. The number of hydrogen-bond acceptors (Lipinski definition) is 0. The van der Waals surface area contributed by atoms with Crippen molar-refractivity contribution in [1.82, 2.24) is 0 Å². The molecular weight excluding hydrogens is 192 g/mol. The zero-order valence-electron chi connectivity index (χ0n) is 11.4. The van der Waals surface area contributed by atoms with Crippen LogP contribution in [0.3, 0.4) is 0 Å². The van der Waals surface area contributed by atoms with Crippen LogP contribution < -0.4 is 0 Å².